The molecule has 0 unspecified atom stereocenters. The van der Waals surface area contributed by atoms with E-state index in [0.29, 0.717) is 28.6 Å². The summed E-state index contributed by atoms with van der Waals surface area (Å²) in [5, 5.41) is 40.2. The fraction of sp³-hybridized carbons (Fsp3) is 0.524. The van der Waals surface area contributed by atoms with Crippen LogP contribution in [0.2, 0.25) is 0 Å². The number of ether oxygens (including phenoxy) is 3. The number of esters is 1. The maximum absolute atomic E-state index is 13.8. The van der Waals surface area contributed by atoms with Gasteiger partial charge >= 0.3 is 11.9 Å². The predicted molar refractivity (Wildman–Crippen MR) is 227 cm³/mol. The number of piperidine rings is 2. The number of hydrogen-bond donors (Lipinski definition) is 5. The standard InChI is InChI=1S/C42H56N8O9.H3N/c51-25-21-49(22-26-52)41-43-33-34(37(45-41)47-17-9-3-10-18-47)44-42(46-38(33)48-19-11-4-12-20-48)50(23-27-53)24-28-57-40(56)36(59-30-32-15-7-2-8-16-32)35(39(54)55)58-29-31-13-5-1-6-14-31;/h1-2,5-8,13-16,35-36,51-53H,3-4,9-12,17-30H2,(H,54,55);1H3/t35-,36-;/m0./s1. The number of carboxylic acids is 1. The number of nitrogens with zero attached hydrogens (tertiary/aromatic N) is 8. The summed E-state index contributed by atoms with van der Waals surface area (Å²) in [6, 6.07) is 18.1. The largest absolute Gasteiger partial charge is 0.479 e. The van der Waals surface area contributed by atoms with Crippen LogP contribution >= 0.6 is 0 Å². The van der Waals surface area contributed by atoms with Gasteiger partial charge in [0.15, 0.2) is 23.8 Å². The highest BCUT2D eigenvalue weighted by molar-refractivity contribution is 5.95. The van der Waals surface area contributed by atoms with Crippen molar-refractivity contribution in [2.24, 2.45) is 0 Å². The molecule has 0 radical (unpaired) electrons. The minimum Gasteiger partial charge on any atom is -0.479 e. The monoisotopic (exact) mass is 833 g/mol. The number of anilines is 4. The van der Waals surface area contributed by atoms with Crippen LogP contribution in [0.15, 0.2) is 60.7 Å². The van der Waals surface area contributed by atoms with Gasteiger partial charge in [-0.25, -0.2) is 19.6 Å². The fourth-order valence-electron chi connectivity index (χ4n) is 7.31. The molecule has 0 bridgehead atoms. The van der Waals surface area contributed by atoms with Gasteiger partial charge < -0.3 is 60.4 Å². The number of carbonyl (C=O) groups excluding carboxylic acids is 1. The zero-order chi connectivity index (χ0) is 41.4. The zero-order valence-corrected chi connectivity index (χ0v) is 34.2. The summed E-state index contributed by atoms with van der Waals surface area (Å²) in [5.74, 6) is -0.413. The van der Waals surface area contributed by atoms with E-state index < -0.39 is 24.1 Å². The topological polar surface area (TPSA) is 242 Å². The van der Waals surface area contributed by atoms with E-state index in [1.807, 2.05) is 36.4 Å². The van der Waals surface area contributed by atoms with Crippen LogP contribution in [-0.2, 0) is 37.0 Å². The van der Waals surface area contributed by atoms with Crippen LogP contribution in [0.1, 0.15) is 49.7 Å². The number of aliphatic hydroxyl groups excluding tert-OH is 3. The molecule has 326 valence electrons. The van der Waals surface area contributed by atoms with Crippen molar-refractivity contribution >= 4 is 46.5 Å². The normalized spacial score (nSPS) is 15.2. The lowest BCUT2D eigenvalue weighted by atomic mass is 10.1. The van der Waals surface area contributed by atoms with Gasteiger partial charge in [0.25, 0.3) is 0 Å². The molecule has 2 fully saturated rings. The number of benzene rings is 2. The highest BCUT2D eigenvalue weighted by Crippen LogP contribution is 2.35. The summed E-state index contributed by atoms with van der Waals surface area (Å²) in [6.45, 7) is 2.79. The zero-order valence-electron chi connectivity index (χ0n) is 34.2. The Balaban J connectivity index is 0.00000683. The van der Waals surface area contributed by atoms with Crippen LogP contribution in [0.3, 0.4) is 0 Å². The second kappa shape index (κ2) is 23.5. The summed E-state index contributed by atoms with van der Waals surface area (Å²) >= 11 is 0. The molecule has 4 heterocycles. The first-order valence-corrected chi connectivity index (χ1v) is 20.5. The second-order valence-corrected chi connectivity index (χ2v) is 14.6. The van der Waals surface area contributed by atoms with Crippen molar-refractivity contribution in [1.29, 1.82) is 0 Å². The highest BCUT2D eigenvalue weighted by Gasteiger charge is 2.38. The molecule has 4 aromatic rings. The lowest BCUT2D eigenvalue weighted by Crippen LogP contribution is -2.45. The van der Waals surface area contributed by atoms with Crippen LogP contribution in [-0.4, -0.2) is 143 Å². The van der Waals surface area contributed by atoms with Crippen molar-refractivity contribution in [3.05, 3.63) is 71.8 Å². The molecule has 6 rings (SSSR count). The van der Waals surface area contributed by atoms with E-state index in [4.69, 9.17) is 34.1 Å². The molecule has 7 N–H and O–H groups in total. The number of aromatic nitrogens is 4. The summed E-state index contributed by atoms with van der Waals surface area (Å²) in [5.41, 5.74) is 2.54. The van der Waals surface area contributed by atoms with Gasteiger partial charge in [0.2, 0.25) is 11.9 Å². The lowest BCUT2D eigenvalue weighted by Gasteiger charge is -2.33. The molecule has 2 atom stereocenters. The Kier molecular flexibility index (Phi) is 18.0. The number of carbonyl (C=O) groups is 2. The minimum absolute atomic E-state index is 0. The number of hydrogen-bond acceptors (Lipinski definition) is 17. The van der Waals surface area contributed by atoms with Gasteiger partial charge in [-0.2, -0.15) is 9.97 Å². The van der Waals surface area contributed by atoms with Crippen LogP contribution in [0.4, 0.5) is 23.5 Å². The number of carboxylic acid groups (broad SMARTS) is 1. The van der Waals surface area contributed by atoms with E-state index in [1.54, 1.807) is 34.1 Å². The quantitative estimate of drug-likeness (QED) is 0.0715. The molecule has 2 aromatic heterocycles. The Hall–Kier alpha value is -5.24. The van der Waals surface area contributed by atoms with E-state index in [-0.39, 0.29) is 77.9 Å². The van der Waals surface area contributed by atoms with E-state index in [0.717, 1.165) is 75.8 Å². The van der Waals surface area contributed by atoms with Crippen LogP contribution in [0.5, 0.6) is 0 Å². The number of aliphatic carboxylic acids is 1. The Morgan fingerprint density at radius 2 is 1.02 bits per heavy atom. The average Bonchev–Trinajstić information content (AvgIpc) is 3.27. The molecule has 18 nitrogen and oxygen atoms in total. The van der Waals surface area contributed by atoms with Gasteiger partial charge in [0, 0.05) is 45.8 Å². The molecule has 2 saturated heterocycles. The van der Waals surface area contributed by atoms with Crippen LogP contribution in [0.25, 0.3) is 11.0 Å². The number of fused-ring (bicyclic) bond motifs is 1. The van der Waals surface area contributed by atoms with Crippen molar-refractivity contribution in [1.82, 2.24) is 26.1 Å². The smallest absolute Gasteiger partial charge is 0.338 e. The molecule has 0 amide bonds. The predicted octanol–water partition coefficient (Wildman–Crippen LogP) is 2.95. The van der Waals surface area contributed by atoms with Gasteiger partial charge in [0.1, 0.15) is 17.6 Å². The molecule has 2 aliphatic heterocycles. The van der Waals surface area contributed by atoms with Crippen LogP contribution in [0, 0.1) is 0 Å². The Bertz CT molecular complexity index is 1910. The molecule has 2 aliphatic rings. The van der Waals surface area contributed by atoms with E-state index in [1.165, 1.54) is 0 Å². The third kappa shape index (κ3) is 12.2. The maximum atomic E-state index is 13.8. The summed E-state index contributed by atoms with van der Waals surface area (Å²) in [6.07, 6.45) is 2.81. The van der Waals surface area contributed by atoms with Crippen molar-refractivity contribution in [3.63, 3.8) is 0 Å². The van der Waals surface area contributed by atoms with Gasteiger partial charge in [-0.3, -0.25) is 0 Å². The third-order valence-electron chi connectivity index (χ3n) is 10.4. The molecular formula is C42H59N9O9. The summed E-state index contributed by atoms with van der Waals surface area (Å²) in [7, 11) is 0. The first-order valence-electron chi connectivity index (χ1n) is 20.5. The van der Waals surface area contributed by atoms with Crippen molar-refractivity contribution in [3.8, 4) is 0 Å². The Labute approximate surface area is 350 Å². The summed E-state index contributed by atoms with van der Waals surface area (Å²) < 4.78 is 17.5. The second-order valence-electron chi connectivity index (χ2n) is 14.6. The van der Waals surface area contributed by atoms with E-state index in [9.17, 15) is 30.0 Å². The average molecular weight is 834 g/mol. The van der Waals surface area contributed by atoms with Crippen molar-refractivity contribution in [2.45, 2.75) is 63.9 Å². The molecular weight excluding hydrogens is 775 g/mol. The maximum Gasteiger partial charge on any atom is 0.338 e. The number of aliphatic hydroxyl groups is 3. The Morgan fingerprint density at radius 3 is 1.43 bits per heavy atom. The molecule has 0 saturated carbocycles. The van der Waals surface area contributed by atoms with Gasteiger partial charge in [0.05, 0.1) is 39.6 Å². The van der Waals surface area contributed by atoms with Crippen molar-refractivity contribution in [2.75, 3.05) is 98.4 Å². The SMILES string of the molecule is N.O=C(O)[C@@H](OCc1ccccc1)[C@H](OCc1ccccc1)C(=O)OCCN(CCO)c1nc(N2CCCCC2)c2nc(N(CCO)CCO)nc(N3CCCCC3)c2n1. The molecule has 60 heavy (non-hydrogen) atoms. The minimum atomic E-state index is -1.67. The molecule has 18 heteroatoms. The number of rotatable bonds is 22. The van der Waals surface area contributed by atoms with E-state index in [2.05, 4.69) is 9.80 Å². The molecule has 0 aliphatic carbocycles. The van der Waals surface area contributed by atoms with Gasteiger partial charge in [-0.1, -0.05) is 60.7 Å². The summed E-state index contributed by atoms with van der Waals surface area (Å²) in [4.78, 5) is 54.3. The van der Waals surface area contributed by atoms with Gasteiger partial charge in [-0.05, 0) is 49.7 Å². The fourth-order valence-corrected chi connectivity index (χ4v) is 7.31. The third-order valence-corrected chi connectivity index (χ3v) is 10.4. The van der Waals surface area contributed by atoms with Crippen LogP contribution < -0.4 is 25.8 Å². The lowest BCUT2D eigenvalue weighted by molar-refractivity contribution is -0.182. The molecule has 0 spiro atoms. The van der Waals surface area contributed by atoms with Gasteiger partial charge in [-0.15, -0.1) is 0 Å². The first kappa shape index (κ1) is 45.8. The first-order chi connectivity index (χ1) is 28.9. The molecule has 2 aromatic carbocycles. The van der Waals surface area contributed by atoms with Crippen molar-refractivity contribution < 1.29 is 44.2 Å². The Morgan fingerprint density at radius 1 is 0.600 bits per heavy atom. The van der Waals surface area contributed by atoms with E-state index >= 15 is 0 Å². The highest BCUT2D eigenvalue weighted by atomic mass is 16.6.